The minimum atomic E-state index is -0.678. The predicted octanol–water partition coefficient (Wildman–Crippen LogP) is 2.49. The van der Waals surface area contributed by atoms with Crippen LogP contribution in [0, 0.1) is 0 Å². The van der Waals surface area contributed by atoms with Gasteiger partial charge in [-0.05, 0) is 31.5 Å². The predicted molar refractivity (Wildman–Crippen MR) is 79.4 cm³/mol. The van der Waals surface area contributed by atoms with Crippen molar-refractivity contribution < 1.29 is 14.6 Å². The maximum absolute atomic E-state index is 10.5. The summed E-state index contributed by atoms with van der Waals surface area (Å²) in [4.78, 5) is 2.31. The topological polar surface area (TPSA) is 41.9 Å². The zero-order valence-corrected chi connectivity index (χ0v) is 12.9. The fourth-order valence-corrected chi connectivity index (χ4v) is 2.63. The van der Waals surface area contributed by atoms with Crippen molar-refractivity contribution in [2.75, 3.05) is 26.8 Å². The molecule has 0 aromatic heterocycles. The second kappa shape index (κ2) is 6.76. The first-order chi connectivity index (χ1) is 9.52. The molecule has 20 heavy (non-hydrogen) atoms. The molecule has 1 aromatic rings. The summed E-state index contributed by atoms with van der Waals surface area (Å²) in [6.45, 7) is 6.58. The first-order valence-electron chi connectivity index (χ1n) is 6.90. The second-order valence-electron chi connectivity index (χ2n) is 5.34. The zero-order chi connectivity index (χ0) is 14.7. The molecule has 112 valence electrons. The Morgan fingerprint density at radius 2 is 2.20 bits per heavy atom. The van der Waals surface area contributed by atoms with Crippen LogP contribution in [0.15, 0.2) is 18.2 Å². The molecule has 4 nitrogen and oxygen atoms in total. The smallest absolute Gasteiger partial charge is 0.137 e. The number of aliphatic hydroxyl groups excluding tert-OH is 1. The molecular weight excluding hydrogens is 278 g/mol. The Morgan fingerprint density at radius 1 is 1.45 bits per heavy atom. The summed E-state index contributed by atoms with van der Waals surface area (Å²) < 4.78 is 10.9. The average molecular weight is 300 g/mol. The minimum Gasteiger partial charge on any atom is -0.495 e. The van der Waals surface area contributed by atoms with E-state index in [4.69, 9.17) is 21.1 Å². The van der Waals surface area contributed by atoms with Crippen LogP contribution in [0.2, 0.25) is 5.02 Å². The Labute approximate surface area is 125 Å². The number of ether oxygens (including phenoxy) is 2. The van der Waals surface area contributed by atoms with E-state index in [0.717, 1.165) is 18.7 Å². The van der Waals surface area contributed by atoms with Gasteiger partial charge in [0.15, 0.2) is 0 Å². The van der Waals surface area contributed by atoms with Gasteiger partial charge in [-0.3, -0.25) is 4.90 Å². The number of morpholine rings is 1. The van der Waals surface area contributed by atoms with Crippen molar-refractivity contribution in [2.45, 2.75) is 32.1 Å². The highest BCUT2D eigenvalue weighted by molar-refractivity contribution is 6.32. The number of nitrogens with zero attached hydrogens (tertiary/aromatic N) is 1. The lowest BCUT2D eigenvalue weighted by Crippen LogP contribution is -2.47. The Morgan fingerprint density at radius 3 is 2.85 bits per heavy atom. The van der Waals surface area contributed by atoms with Crippen LogP contribution >= 0.6 is 11.6 Å². The van der Waals surface area contributed by atoms with E-state index in [9.17, 15) is 5.11 Å². The highest BCUT2D eigenvalue weighted by atomic mass is 35.5. The summed E-state index contributed by atoms with van der Waals surface area (Å²) in [5.74, 6) is 0.569. The van der Waals surface area contributed by atoms with Gasteiger partial charge in [-0.15, -0.1) is 0 Å². The van der Waals surface area contributed by atoms with Crippen LogP contribution in [0.1, 0.15) is 25.5 Å². The molecule has 1 fully saturated rings. The van der Waals surface area contributed by atoms with Crippen LogP contribution in [0.5, 0.6) is 5.75 Å². The van der Waals surface area contributed by atoms with Gasteiger partial charge in [0.25, 0.3) is 0 Å². The third-order valence-electron chi connectivity index (χ3n) is 3.72. The first-order valence-corrected chi connectivity index (χ1v) is 7.28. The number of methoxy groups -OCH3 is 1. The number of aliphatic hydroxyl groups is 1. The molecule has 2 rings (SSSR count). The van der Waals surface area contributed by atoms with Gasteiger partial charge in [0, 0.05) is 19.1 Å². The van der Waals surface area contributed by atoms with Gasteiger partial charge in [-0.1, -0.05) is 17.7 Å². The van der Waals surface area contributed by atoms with Gasteiger partial charge in [-0.25, -0.2) is 0 Å². The van der Waals surface area contributed by atoms with Crippen molar-refractivity contribution in [3.63, 3.8) is 0 Å². The Balaban J connectivity index is 2.12. The minimum absolute atomic E-state index is 0.225. The highest BCUT2D eigenvalue weighted by Gasteiger charge is 2.29. The lowest BCUT2D eigenvalue weighted by atomic mass is 10.0. The lowest BCUT2D eigenvalue weighted by Gasteiger charge is -2.37. The van der Waals surface area contributed by atoms with E-state index >= 15 is 0 Å². The molecule has 0 bridgehead atoms. The van der Waals surface area contributed by atoms with Crippen molar-refractivity contribution in [2.24, 2.45) is 0 Å². The third-order valence-corrected chi connectivity index (χ3v) is 4.04. The van der Waals surface area contributed by atoms with Crippen LogP contribution in [-0.2, 0) is 4.74 Å². The maximum atomic E-state index is 10.5. The molecule has 1 aliphatic rings. The summed E-state index contributed by atoms with van der Waals surface area (Å²) in [6.07, 6.45) is -0.903. The lowest BCUT2D eigenvalue weighted by molar-refractivity contribution is -0.0961. The fraction of sp³-hybridized carbons (Fsp3) is 0.600. The Hall–Kier alpha value is -0.810. The van der Waals surface area contributed by atoms with Crippen molar-refractivity contribution >= 4 is 11.6 Å². The molecule has 0 radical (unpaired) electrons. The van der Waals surface area contributed by atoms with Crippen LogP contribution in [-0.4, -0.2) is 49.0 Å². The van der Waals surface area contributed by atoms with E-state index in [-0.39, 0.29) is 6.10 Å². The summed E-state index contributed by atoms with van der Waals surface area (Å²) >= 11 is 6.01. The summed E-state index contributed by atoms with van der Waals surface area (Å²) in [5, 5.41) is 11.0. The SMILES string of the molecule is COc1cc(C(O)C2CN(C(C)C)CCO2)ccc1Cl. The van der Waals surface area contributed by atoms with Gasteiger partial charge in [0.05, 0.1) is 18.7 Å². The molecular formula is C15H22ClNO3. The van der Waals surface area contributed by atoms with Gasteiger partial charge in [0.2, 0.25) is 0 Å². The molecule has 0 spiro atoms. The monoisotopic (exact) mass is 299 g/mol. The van der Waals surface area contributed by atoms with Crippen molar-refractivity contribution in [1.29, 1.82) is 0 Å². The van der Waals surface area contributed by atoms with Crippen LogP contribution in [0.3, 0.4) is 0 Å². The van der Waals surface area contributed by atoms with Gasteiger partial charge >= 0.3 is 0 Å². The van der Waals surface area contributed by atoms with Crippen molar-refractivity contribution in [3.05, 3.63) is 28.8 Å². The number of benzene rings is 1. The van der Waals surface area contributed by atoms with E-state index in [1.54, 1.807) is 19.2 Å². The molecule has 2 unspecified atom stereocenters. The Bertz CT molecular complexity index is 453. The van der Waals surface area contributed by atoms with E-state index < -0.39 is 6.10 Å². The van der Waals surface area contributed by atoms with E-state index in [1.807, 2.05) is 6.07 Å². The van der Waals surface area contributed by atoms with E-state index in [2.05, 4.69) is 18.7 Å². The molecule has 1 heterocycles. The quantitative estimate of drug-likeness (QED) is 0.927. The second-order valence-corrected chi connectivity index (χ2v) is 5.74. The molecule has 1 aliphatic heterocycles. The number of hydrogen-bond donors (Lipinski definition) is 1. The maximum Gasteiger partial charge on any atom is 0.137 e. The van der Waals surface area contributed by atoms with E-state index in [0.29, 0.717) is 23.4 Å². The van der Waals surface area contributed by atoms with Crippen LogP contribution in [0.25, 0.3) is 0 Å². The summed E-state index contributed by atoms with van der Waals surface area (Å²) in [7, 11) is 1.56. The zero-order valence-electron chi connectivity index (χ0n) is 12.2. The third kappa shape index (κ3) is 3.44. The van der Waals surface area contributed by atoms with Crippen LogP contribution in [0.4, 0.5) is 0 Å². The first kappa shape index (κ1) is 15.6. The summed E-state index contributed by atoms with van der Waals surface area (Å²) in [5.41, 5.74) is 0.766. The molecule has 5 heteroatoms. The fourth-order valence-electron chi connectivity index (χ4n) is 2.43. The largest absolute Gasteiger partial charge is 0.495 e. The number of rotatable bonds is 4. The van der Waals surface area contributed by atoms with Gasteiger partial charge in [-0.2, -0.15) is 0 Å². The molecule has 1 aromatic carbocycles. The van der Waals surface area contributed by atoms with Gasteiger partial charge < -0.3 is 14.6 Å². The van der Waals surface area contributed by atoms with Crippen molar-refractivity contribution in [1.82, 2.24) is 4.90 Å². The van der Waals surface area contributed by atoms with Crippen LogP contribution < -0.4 is 4.74 Å². The molecule has 0 amide bonds. The molecule has 1 N–H and O–H groups in total. The number of halogens is 1. The normalized spacial score (nSPS) is 22.0. The van der Waals surface area contributed by atoms with Gasteiger partial charge in [0.1, 0.15) is 18.0 Å². The molecule has 2 atom stereocenters. The molecule has 0 saturated carbocycles. The average Bonchev–Trinajstić information content (AvgIpc) is 2.47. The Kier molecular flexibility index (Phi) is 5.27. The highest BCUT2D eigenvalue weighted by Crippen LogP contribution is 2.30. The number of hydrogen-bond acceptors (Lipinski definition) is 4. The standard InChI is InChI=1S/C15H22ClNO3/c1-10(2)17-6-7-20-14(9-17)15(18)11-4-5-12(16)13(8-11)19-3/h4-5,8,10,14-15,18H,6-7,9H2,1-3H3. The molecule has 0 aliphatic carbocycles. The van der Waals surface area contributed by atoms with Crippen molar-refractivity contribution in [3.8, 4) is 5.75 Å². The molecule has 1 saturated heterocycles. The summed E-state index contributed by atoms with van der Waals surface area (Å²) in [6, 6.07) is 5.77. The van der Waals surface area contributed by atoms with E-state index in [1.165, 1.54) is 0 Å².